The molecule has 0 aliphatic heterocycles. The van der Waals surface area contributed by atoms with Gasteiger partial charge in [0.2, 0.25) is 0 Å². The maximum Gasteiger partial charge on any atom is -0.0000127 e. The molecule has 0 aromatic rings. The van der Waals surface area contributed by atoms with Crippen LogP contribution in [0.3, 0.4) is 0 Å². The monoisotopic (exact) mass is 1390 g/mol. The molecule has 91 aliphatic carbocycles. The molecule has 0 aromatic heterocycles. The van der Waals surface area contributed by atoms with Gasteiger partial charge in [-0.15, -0.1) is 0 Å². The number of fused-ring (bicyclic) bond motifs is 32. The van der Waals surface area contributed by atoms with E-state index < -0.39 is 0 Å². The predicted octanol–water partition coefficient (Wildman–Crippen LogP) is 8.43. The largest absolute Gasteiger partial charge is 0.0458 e. The quantitative estimate of drug-likeness (QED) is 0.229. The second-order valence-electron chi connectivity index (χ2n) is 76.6. The first-order chi connectivity index (χ1) is 55.8. The van der Waals surface area contributed by atoms with Gasteiger partial charge in [-0.25, -0.2) is 0 Å². The van der Waals surface area contributed by atoms with E-state index in [1.54, 1.807) is 0 Å². The van der Waals surface area contributed by atoms with Crippen molar-refractivity contribution >= 4 is 0 Å². The predicted molar refractivity (Wildman–Crippen MR) is 344 cm³/mol. The highest BCUT2D eigenvalue weighted by molar-refractivity contribution is 6.93. The van der Waals surface area contributed by atoms with Crippen LogP contribution in [0.5, 0.6) is 0 Å². The lowest BCUT2D eigenvalue weighted by atomic mass is 8.18. The van der Waals surface area contributed by atoms with Crippen LogP contribution in [-0.2, 0) is 0 Å². The van der Waals surface area contributed by atoms with Crippen LogP contribution in [0.25, 0.3) is 0 Å². The third kappa shape index (κ3) is 0.586. The molecule has 91 aliphatic rings. The van der Waals surface area contributed by atoms with Crippen molar-refractivity contribution in [3.63, 3.8) is 0 Å². The van der Waals surface area contributed by atoms with Gasteiger partial charge >= 0.3 is 0 Å². The summed E-state index contributed by atoms with van der Waals surface area (Å²) in [6, 6.07) is 0. The topological polar surface area (TPSA) is 0 Å². The summed E-state index contributed by atoms with van der Waals surface area (Å²) in [5.74, 6) is 52.7. The minimum absolute atomic E-state index is 1.12. The summed E-state index contributed by atoms with van der Waals surface area (Å²) < 4.78 is 0. The zero-order chi connectivity index (χ0) is 59.6. The van der Waals surface area contributed by atoms with Gasteiger partial charge in [0.1, 0.15) is 0 Å². The Morgan fingerprint density at radius 2 is 0.170 bits per heavy atom. The molecule has 91 saturated carbocycles. The normalized spacial score (nSPS) is 159. The molecule has 0 bridgehead atoms. The van der Waals surface area contributed by atoms with E-state index in [1.165, 1.54) is 408 Å². The van der Waals surface area contributed by atoms with Crippen molar-refractivity contribution in [1.82, 2.24) is 0 Å². The fourth-order valence-electron chi connectivity index (χ4n) is 144. The van der Waals surface area contributed by atoms with Crippen LogP contribution in [0.4, 0.5) is 0 Å². The van der Waals surface area contributed by atoms with Gasteiger partial charge < -0.3 is 0 Å². The van der Waals surface area contributed by atoms with Gasteiger partial charge in [-0.05, 0) is 629 Å². The van der Waals surface area contributed by atoms with Gasteiger partial charge in [0.15, 0.2) is 0 Å². The lowest BCUT2D eigenvalue weighted by Crippen LogP contribution is -3.79. The van der Waals surface area contributed by atoms with Crippen molar-refractivity contribution < 1.29 is 0 Å². The zero-order valence-corrected chi connectivity index (χ0v) is 59.6. The van der Waals surface area contributed by atoms with E-state index in [9.17, 15) is 0 Å². The Kier molecular flexibility index (Phi) is 1.37. The highest BCUT2D eigenvalue weighted by atomic mass is 15.9. The Hall–Kier alpha value is 0. The molecular weight excluding hydrogens is 1350 g/mol. The first kappa shape index (κ1) is 33.8. The second-order valence-corrected chi connectivity index (χ2v) is 76.6. The van der Waals surface area contributed by atoms with Crippen molar-refractivity contribution in [2.75, 3.05) is 0 Å². The molecule has 0 amide bonds. The molecule has 0 heterocycles. The van der Waals surface area contributed by atoms with Gasteiger partial charge in [0.05, 0.1) is 0 Å². The molecule has 104 atom stereocenters. The van der Waals surface area contributed by atoms with Crippen molar-refractivity contribution in [3.05, 3.63) is 162 Å². The molecular formula is C112H44. The summed E-state index contributed by atoms with van der Waals surface area (Å²) in [6.45, 7) is 0. The Labute approximate surface area is 624 Å². The van der Waals surface area contributed by atoms with Gasteiger partial charge in [0, 0.05) is 0 Å². The smallest absolute Gasteiger partial charge is 0.0000127 e. The average molecular weight is 1390 g/mol. The van der Waals surface area contributed by atoms with E-state index in [1.807, 2.05) is 25.7 Å². The molecule has 91 fully saturated rings. The zero-order valence-electron chi connectivity index (χ0n) is 59.6. The molecule has 0 heteroatoms. The van der Waals surface area contributed by atoms with Crippen LogP contribution < -0.4 is 0 Å². The standard InChI is InChI=1S/C112H44/c1-5-13-21-22-14-6-2-10-18-26-31-35-39-40-36-32-28-20-12-4-8-16-24-23-15-7-3-11-19-27-30-34-38-37-33-29-25-17-9(1)41(5)45(13)53(21)54(22)46(14)42(6,10)50(18)58(26)63(31)67(35)71(39)72(40)68(36)64(32)60(28)52(20)44(8,12)48(16)56(24)55(23)47(15)43(7,11)51(19)59(27)62(30)66(34)70(38)69(37)65(33)61(29)57(25)49(17,41)73(45)77(53)78(54)74(46,50)82(58)86(63)91(67)95(71)96(72)92(68)88(64)84(60)76(48,52)80(56)79(55)75(47,51)83(59)87(62)90(66)94(70)93(69)89(65)85(61)81(57,73)97(77)98(78,82)102(86)101(85,97)105(89)106(91,102)111(95)109(93,105)110(94)107(90)103(87)99(79,83)100(80,84)104(88,103)108(92,107)112(96,110)111/h5-40H,1-4H2. The maximum absolute atomic E-state index is 1.95. The van der Waals surface area contributed by atoms with Crippen LogP contribution >= 0.6 is 0 Å². The Balaban J connectivity index is 0.568. The van der Waals surface area contributed by atoms with Crippen molar-refractivity contribution in [3.8, 4) is 0 Å². The first-order valence-electron chi connectivity index (χ1n) is 55.8. The molecule has 0 nitrogen and oxygen atoms in total. The van der Waals surface area contributed by atoms with Crippen LogP contribution in [0.1, 0.15) is 25.7 Å². The highest BCUT2D eigenvalue weighted by Crippen LogP contribution is 3.97. The molecule has 0 saturated heterocycles. The van der Waals surface area contributed by atoms with E-state index in [2.05, 4.69) is 0 Å². The van der Waals surface area contributed by atoms with E-state index >= 15 is 0 Å². The molecule has 72 spiro atoms. The van der Waals surface area contributed by atoms with Crippen LogP contribution in [0.15, 0.2) is 0 Å². The Morgan fingerprint density at radius 3 is 0.295 bits per heavy atom. The third-order valence-electron chi connectivity index (χ3n) is 107. The summed E-state index contributed by atoms with van der Waals surface area (Å²) in [6.07, 6.45) is 7.79. The highest BCUT2D eigenvalue weighted by Gasteiger charge is 3.92. The second kappa shape index (κ2) is 4.54. The first-order valence-corrected chi connectivity index (χ1v) is 55.8. The van der Waals surface area contributed by atoms with Crippen molar-refractivity contribution in [2.45, 2.75) is 25.7 Å². The summed E-state index contributed by atoms with van der Waals surface area (Å²) >= 11 is 0. The Bertz CT molecular complexity index is 8780. The van der Waals surface area contributed by atoms with E-state index in [-0.39, 0.29) is 0 Å². The lowest BCUT2D eigenvalue weighted by molar-refractivity contribution is -1.15. The van der Waals surface area contributed by atoms with Gasteiger partial charge in [-0.1, -0.05) is 0 Å². The van der Waals surface area contributed by atoms with Crippen LogP contribution in [0, 0.1) is 603 Å². The number of rotatable bonds is 0. The van der Waals surface area contributed by atoms with Gasteiger partial charge in [-0.2, -0.15) is 0 Å². The van der Waals surface area contributed by atoms with E-state index in [4.69, 9.17) is 0 Å². The molecule has 0 N–H and O–H groups in total. The Morgan fingerprint density at radius 1 is 0.0804 bits per heavy atom. The van der Waals surface area contributed by atoms with Crippen LogP contribution in [0.2, 0.25) is 0 Å². The molecule has 91 rings (SSSR count). The van der Waals surface area contributed by atoms with Crippen LogP contribution in [-0.4, -0.2) is 0 Å². The number of hydrogen-bond acceptors (Lipinski definition) is 0. The van der Waals surface area contributed by atoms with Gasteiger partial charge in [-0.3, -0.25) is 0 Å². The SMILES string of the molecule is C1C2C3C4C5C6C7CC8C9C%10C%11C%12C%13C%14C%15C%16C%17C%18C%19CC%20C%21C%22C%23C%24C%25CC%26C%27C%28C%29C%30C%31C%32C%33C%34C%35C%36C1C21C32C43C54C65C78C96C%107C%118C%129C%13%10C%14%11C%15%12C%16%13C%17%14C%18%15C%20%19C%21%16C%22%17C%23%18C%24%19C%25%26C%27%20C%28%21C%29%22C%30%23C%31%24C%32%25C%33%26C%34%27C%35%28C%361C21C32C43C56C74C85C96C%107C%118C%129C%13%10C%14%11C%16%15C%17%12C%18%13C%19%20C%21%14C%22%15C%23%16C%24%17C%25%18C%26%19C%27%20C%281C21C34C52C%201C%191C62C72C%181C%171C%163C%154C%13%14C%12%11C%104C93C812. The maximum atomic E-state index is 1.95. The van der Waals surface area contributed by atoms with Gasteiger partial charge in [0.25, 0.3) is 0 Å². The van der Waals surface area contributed by atoms with Crippen molar-refractivity contribution in [2.24, 2.45) is 440 Å². The molecule has 0 radical (unpaired) electrons. The fraction of sp³-hybridized carbons (Fsp3) is 1.00. The minimum Gasteiger partial charge on any atom is -0.0458 e. The summed E-state index contributed by atoms with van der Waals surface area (Å²) in [7, 11) is 0. The van der Waals surface area contributed by atoms with E-state index in [0.29, 0.717) is 0 Å². The average Bonchev–Trinajstić information content (AvgIpc) is 0.391. The summed E-state index contributed by atoms with van der Waals surface area (Å²) in [4.78, 5) is 0. The molecule has 492 valence electrons. The van der Waals surface area contributed by atoms with Crippen molar-refractivity contribution in [1.29, 1.82) is 0 Å². The summed E-state index contributed by atoms with van der Waals surface area (Å²) in [5.41, 5.74) is 83.6. The molecule has 0 aromatic carbocycles. The fourth-order valence-corrected chi connectivity index (χ4v) is 144. The summed E-state index contributed by atoms with van der Waals surface area (Å²) in [5, 5.41) is 0. The minimum atomic E-state index is 1.12. The lowest BCUT2D eigenvalue weighted by Gasteiger charge is -3.84. The third-order valence-corrected chi connectivity index (χ3v) is 107. The molecule has 112 heavy (non-hydrogen) atoms. The number of hydrogen-bond donors (Lipinski definition) is 0. The molecule has 104 unspecified atom stereocenters. The van der Waals surface area contributed by atoms with E-state index in [0.717, 1.165) is 195 Å².